The maximum absolute atomic E-state index is 17.1. The number of aromatic nitrogens is 5. The third-order valence-electron chi connectivity index (χ3n) is 11.0. The summed E-state index contributed by atoms with van der Waals surface area (Å²) < 4.78 is 43.6. The molecule has 0 unspecified atom stereocenters. The van der Waals surface area contributed by atoms with Crippen LogP contribution in [0.5, 0.6) is 6.01 Å². The Bertz CT molecular complexity index is 1930. The monoisotopic (exact) mass is 664 g/mol. The van der Waals surface area contributed by atoms with E-state index in [0.717, 1.165) is 31.4 Å². The molecule has 1 aromatic carbocycles. The lowest BCUT2D eigenvalue weighted by atomic mass is 9.94. The van der Waals surface area contributed by atoms with E-state index in [4.69, 9.17) is 31.0 Å². The number of benzene rings is 1. The van der Waals surface area contributed by atoms with E-state index in [0.29, 0.717) is 65.0 Å². The van der Waals surface area contributed by atoms with Crippen LogP contribution in [-0.4, -0.2) is 92.8 Å². The molecule has 3 saturated heterocycles. The van der Waals surface area contributed by atoms with Gasteiger partial charge in [-0.2, -0.15) is 15.1 Å². The number of anilines is 1. The molecule has 1 saturated carbocycles. The molecule has 246 valence electrons. The van der Waals surface area contributed by atoms with Gasteiger partial charge in [-0.05, 0) is 69.0 Å². The van der Waals surface area contributed by atoms with E-state index >= 15 is 4.39 Å². The molecule has 14 heteroatoms. The minimum atomic E-state index is -0.909. The summed E-state index contributed by atoms with van der Waals surface area (Å²) in [5.41, 5.74) is 1.83. The highest BCUT2D eigenvalue weighted by Crippen LogP contribution is 2.56. The molecule has 6 bridgehead atoms. The fourth-order valence-electron chi connectivity index (χ4n) is 8.68. The zero-order chi connectivity index (χ0) is 32.0. The van der Waals surface area contributed by atoms with Crippen molar-refractivity contribution in [2.45, 2.75) is 75.2 Å². The average Bonchev–Trinajstić information content (AvgIpc) is 3.34. The lowest BCUT2D eigenvalue weighted by molar-refractivity contribution is 0.107. The number of aromatic amines is 1. The second kappa shape index (κ2) is 10.8. The summed E-state index contributed by atoms with van der Waals surface area (Å²) >= 11 is 6.91. The number of alkyl carbamates (subject to hydrolysis) is 1. The number of carbonyl (C=O) groups excluding carboxylic acids is 1. The first-order valence-electron chi connectivity index (χ1n) is 16.5. The Kier molecular flexibility index (Phi) is 6.76. The Balaban J connectivity index is 1.22. The molecule has 6 atom stereocenters. The highest BCUT2D eigenvalue weighted by molar-refractivity contribution is 6.33. The minimum Gasteiger partial charge on any atom is -0.461 e. The van der Waals surface area contributed by atoms with Gasteiger partial charge in [-0.25, -0.2) is 13.6 Å². The first-order valence-corrected chi connectivity index (χ1v) is 16.9. The topological polar surface area (TPSA) is 121 Å². The van der Waals surface area contributed by atoms with Gasteiger partial charge in [0, 0.05) is 47.7 Å². The molecule has 2 N–H and O–H groups in total. The Morgan fingerprint density at radius 1 is 1.21 bits per heavy atom. The first kappa shape index (κ1) is 29.3. The van der Waals surface area contributed by atoms with Crippen LogP contribution in [-0.2, 0) is 4.74 Å². The molecule has 4 fully saturated rings. The van der Waals surface area contributed by atoms with Crippen LogP contribution in [0.4, 0.5) is 19.4 Å². The Morgan fingerprint density at radius 2 is 2.11 bits per heavy atom. The maximum Gasteiger partial charge on any atom is 0.407 e. The number of H-pyrrole nitrogens is 1. The van der Waals surface area contributed by atoms with Crippen molar-refractivity contribution in [2.75, 3.05) is 37.7 Å². The van der Waals surface area contributed by atoms with Crippen molar-refractivity contribution < 1.29 is 23.0 Å². The van der Waals surface area contributed by atoms with E-state index in [1.54, 1.807) is 12.4 Å². The van der Waals surface area contributed by atoms with Gasteiger partial charge in [-0.15, -0.1) is 0 Å². The van der Waals surface area contributed by atoms with E-state index < -0.39 is 23.6 Å². The van der Waals surface area contributed by atoms with Gasteiger partial charge in [0.05, 0.1) is 35.3 Å². The minimum absolute atomic E-state index is 0.0232. The molecule has 5 aliphatic heterocycles. The van der Waals surface area contributed by atoms with Crippen LogP contribution in [0.25, 0.3) is 33.1 Å². The number of fused-ring (bicyclic) bond motifs is 7. The van der Waals surface area contributed by atoms with E-state index in [1.807, 2.05) is 17.9 Å². The van der Waals surface area contributed by atoms with Gasteiger partial charge in [0.15, 0.2) is 5.82 Å². The zero-order valence-electron chi connectivity index (χ0n) is 25.9. The Morgan fingerprint density at radius 3 is 3.00 bits per heavy atom. The predicted molar refractivity (Wildman–Crippen MR) is 171 cm³/mol. The van der Waals surface area contributed by atoms with Crippen molar-refractivity contribution >= 4 is 45.3 Å². The van der Waals surface area contributed by atoms with Crippen LogP contribution < -0.4 is 15.0 Å². The third-order valence-corrected chi connectivity index (χ3v) is 11.3. The molecular formula is C33H35ClF2N8O3. The summed E-state index contributed by atoms with van der Waals surface area (Å²) in [6.45, 7) is 4.17. The number of nitrogens with one attached hydrogen (secondary N) is 2. The van der Waals surface area contributed by atoms with Crippen LogP contribution in [0.2, 0.25) is 5.02 Å². The highest BCUT2D eigenvalue weighted by atomic mass is 35.5. The fourth-order valence-corrected chi connectivity index (χ4v) is 9.03. The summed E-state index contributed by atoms with van der Waals surface area (Å²) in [5.74, 6) is 0.120. The normalized spacial score (nSPS) is 30.3. The number of pyridine rings is 1. The van der Waals surface area contributed by atoms with Gasteiger partial charge in [0.25, 0.3) is 0 Å². The molecule has 10 rings (SSSR count). The molecule has 0 spiro atoms. The number of carbonyl (C=O) groups is 1. The number of rotatable bonds is 3. The predicted octanol–water partition coefficient (Wildman–Crippen LogP) is 5.52. The molecule has 1 amide bonds. The summed E-state index contributed by atoms with van der Waals surface area (Å²) in [4.78, 5) is 31.2. The summed E-state index contributed by atoms with van der Waals surface area (Å²) in [6, 6.07) is 1.60. The molecule has 47 heavy (non-hydrogen) atoms. The quantitative estimate of drug-likeness (QED) is 0.292. The molecular weight excluding hydrogens is 630 g/mol. The van der Waals surface area contributed by atoms with Gasteiger partial charge in [0.1, 0.15) is 29.8 Å². The fraction of sp³-hybridized carbons (Fsp3) is 0.545. The first-order chi connectivity index (χ1) is 22.8. The zero-order valence-corrected chi connectivity index (χ0v) is 26.7. The van der Waals surface area contributed by atoms with Crippen LogP contribution in [0, 0.1) is 11.7 Å². The summed E-state index contributed by atoms with van der Waals surface area (Å²) in [6.07, 6.45) is 6.24. The number of ether oxygens (including phenoxy) is 2. The molecule has 11 nitrogen and oxygen atoms in total. The van der Waals surface area contributed by atoms with Crippen LogP contribution in [0.1, 0.15) is 56.9 Å². The van der Waals surface area contributed by atoms with Crippen LogP contribution in [0.15, 0.2) is 18.5 Å². The number of halogens is 3. The standard InChI is InChI=1S/C33H35ClF2N8O3/c1-16-7-19-14-44(16)30-22-11-37-29(27(36)28(22)40-31(41-30)47-15-33-4-2-5-43(33)13-18(35)10-33)26-21-12-38-42-24(21)9-23(34)25(26)20-8-17(20)3-6-46-32(45)39-19/h9,11-12,16-20H,2-8,10,13-15H2,1H3,(H,38,42)(H,39,45)/t16-,17-,18-,19-,20+,33+/m1/s1. The number of hydrogen-bond acceptors (Lipinski definition) is 9. The van der Waals surface area contributed by atoms with E-state index in [9.17, 15) is 9.18 Å². The van der Waals surface area contributed by atoms with E-state index in [2.05, 4.69) is 25.4 Å². The SMILES string of the molecule is C[C@@H]1C[C@@H]2CN1c1nc(OC[C@@]34CCCN3C[C@H](F)C4)nc3c(F)c(ncc13)-c1c(c(Cl)cc3[nH]ncc13)[C@H]1C[C@H]1CCOC(=O)N2. The van der Waals surface area contributed by atoms with Crippen molar-refractivity contribution in [1.29, 1.82) is 0 Å². The van der Waals surface area contributed by atoms with E-state index in [-0.39, 0.29) is 54.4 Å². The van der Waals surface area contributed by atoms with Gasteiger partial charge in [-0.1, -0.05) is 11.6 Å². The maximum atomic E-state index is 17.1. The molecule has 0 radical (unpaired) electrons. The number of nitrogens with zero attached hydrogens (tertiary/aromatic N) is 6. The van der Waals surface area contributed by atoms with Crippen molar-refractivity contribution in [3.05, 3.63) is 34.9 Å². The van der Waals surface area contributed by atoms with Crippen LogP contribution >= 0.6 is 11.6 Å². The Hall–Kier alpha value is -3.84. The van der Waals surface area contributed by atoms with E-state index in [1.165, 1.54) is 0 Å². The van der Waals surface area contributed by atoms with Gasteiger partial charge in [-0.3, -0.25) is 15.0 Å². The van der Waals surface area contributed by atoms with Crippen molar-refractivity contribution in [3.8, 4) is 17.3 Å². The van der Waals surface area contributed by atoms with Crippen molar-refractivity contribution in [2.24, 2.45) is 5.92 Å². The molecule has 4 aromatic rings. The number of hydrogen-bond donors (Lipinski definition) is 2. The average molecular weight is 665 g/mol. The van der Waals surface area contributed by atoms with Gasteiger partial charge >= 0.3 is 12.1 Å². The highest BCUT2D eigenvalue weighted by Gasteiger charge is 2.49. The lowest BCUT2D eigenvalue weighted by Crippen LogP contribution is -2.43. The summed E-state index contributed by atoms with van der Waals surface area (Å²) in [7, 11) is 0. The number of amides is 1. The van der Waals surface area contributed by atoms with Gasteiger partial charge < -0.3 is 19.7 Å². The van der Waals surface area contributed by atoms with Crippen molar-refractivity contribution in [3.63, 3.8) is 0 Å². The lowest BCUT2D eigenvalue weighted by Gasteiger charge is -2.31. The summed E-state index contributed by atoms with van der Waals surface area (Å²) in [5, 5.41) is 11.8. The molecule has 6 aliphatic rings. The molecule has 1 aliphatic carbocycles. The molecule has 3 aromatic heterocycles. The second-order valence-electron chi connectivity index (χ2n) is 14.0. The molecule has 8 heterocycles. The van der Waals surface area contributed by atoms with Gasteiger partial charge in [0.2, 0.25) is 0 Å². The van der Waals surface area contributed by atoms with Crippen molar-refractivity contribution in [1.82, 2.24) is 35.4 Å². The third kappa shape index (κ3) is 4.79. The Labute approximate surface area is 274 Å². The second-order valence-corrected chi connectivity index (χ2v) is 14.4. The van der Waals surface area contributed by atoms with Crippen LogP contribution in [0.3, 0.4) is 0 Å². The smallest absolute Gasteiger partial charge is 0.407 e. The largest absolute Gasteiger partial charge is 0.461 e. The number of alkyl halides is 1.